The first-order chi connectivity index (χ1) is 11.8. The Morgan fingerprint density at radius 1 is 1.40 bits per heavy atom. The molecule has 1 aromatic heterocycles. The summed E-state index contributed by atoms with van der Waals surface area (Å²) < 4.78 is 15.2. The van der Waals surface area contributed by atoms with Gasteiger partial charge in [-0.1, -0.05) is 5.16 Å². The van der Waals surface area contributed by atoms with Crippen molar-refractivity contribution in [3.8, 4) is 0 Å². The van der Waals surface area contributed by atoms with Gasteiger partial charge in [-0.3, -0.25) is 4.90 Å². The van der Waals surface area contributed by atoms with Crippen LogP contribution in [0.1, 0.15) is 57.8 Å². The summed E-state index contributed by atoms with van der Waals surface area (Å²) in [6.07, 6.45) is 2.01. The summed E-state index contributed by atoms with van der Waals surface area (Å²) >= 11 is 0. The van der Waals surface area contributed by atoms with E-state index in [-0.39, 0.29) is 12.1 Å². The fourth-order valence-corrected chi connectivity index (χ4v) is 2.58. The molecule has 2 amide bonds. The maximum atomic E-state index is 12.3. The third kappa shape index (κ3) is 5.61. The second-order valence-electron chi connectivity index (χ2n) is 6.90. The van der Waals surface area contributed by atoms with Crippen molar-refractivity contribution in [2.24, 2.45) is 0 Å². The smallest absolute Gasteiger partial charge is 0.410 e. The van der Waals surface area contributed by atoms with Crippen LogP contribution in [0.25, 0.3) is 0 Å². The molecule has 2 heterocycles. The number of carbonyl (C=O) groups excluding carboxylic acids is 2. The number of nitrogens with zero attached hydrogens (tertiary/aromatic N) is 3. The van der Waals surface area contributed by atoms with Crippen molar-refractivity contribution < 1.29 is 23.6 Å². The first-order valence-electron chi connectivity index (χ1n) is 8.44. The van der Waals surface area contributed by atoms with Gasteiger partial charge >= 0.3 is 12.2 Å². The Balaban J connectivity index is 1.89. The molecule has 1 saturated heterocycles. The second-order valence-corrected chi connectivity index (χ2v) is 6.90. The Morgan fingerprint density at radius 2 is 2.16 bits per heavy atom. The van der Waals surface area contributed by atoms with Gasteiger partial charge in [0.25, 0.3) is 0 Å². The van der Waals surface area contributed by atoms with E-state index < -0.39 is 11.7 Å². The molecule has 0 aliphatic carbocycles. The van der Waals surface area contributed by atoms with Crippen LogP contribution in [0, 0.1) is 0 Å². The summed E-state index contributed by atoms with van der Waals surface area (Å²) in [6, 6.07) is -0.222. The molecule has 0 saturated carbocycles. The summed E-state index contributed by atoms with van der Waals surface area (Å²) in [6.45, 7) is 6.59. The topological polar surface area (TPSA) is 107 Å². The Morgan fingerprint density at radius 3 is 2.84 bits per heavy atom. The van der Waals surface area contributed by atoms with Crippen molar-refractivity contribution in [2.45, 2.75) is 58.1 Å². The van der Waals surface area contributed by atoms with Gasteiger partial charge in [0.2, 0.25) is 5.89 Å². The summed E-state index contributed by atoms with van der Waals surface area (Å²) in [5, 5.41) is 6.60. The zero-order chi connectivity index (χ0) is 18.4. The average molecular weight is 354 g/mol. The lowest BCUT2D eigenvalue weighted by Crippen LogP contribution is -2.36. The molecular formula is C16H26N4O5. The van der Waals surface area contributed by atoms with Gasteiger partial charge in [-0.25, -0.2) is 9.59 Å². The summed E-state index contributed by atoms with van der Waals surface area (Å²) in [5.74, 6) is 0.983. The number of amides is 2. The molecule has 1 N–H and O–H groups in total. The maximum absolute atomic E-state index is 12.3. The second kappa shape index (κ2) is 8.17. The van der Waals surface area contributed by atoms with Crippen LogP contribution < -0.4 is 5.32 Å². The van der Waals surface area contributed by atoms with Crippen LogP contribution in [0.3, 0.4) is 0 Å². The number of methoxy groups -OCH3 is 1. The van der Waals surface area contributed by atoms with Crippen LogP contribution in [0.5, 0.6) is 0 Å². The number of hydrogen-bond donors (Lipinski definition) is 1. The van der Waals surface area contributed by atoms with Crippen LogP contribution >= 0.6 is 0 Å². The molecule has 25 heavy (non-hydrogen) atoms. The number of carbonyl (C=O) groups is 2. The number of aryl methyl sites for hydroxylation is 1. The number of nitrogens with one attached hydrogen (secondary N) is 1. The van der Waals surface area contributed by atoms with Crippen LogP contribution in [0.4, 0.5) is 9.59 Å². The van der Waals surface area contributed by atoms with Crippen LogP contribution in [-0.2, 0) is 15.9 Å². The molecule has 1 aromatic rings. The minimum absolute atomic E-state index is 0.222. The number of rotatable bonds is 5. The SMILES string of the molecule is COC(=O)NCCCc1nc([C@@H]2CCCN2C(=O)OC(C)(C)C)no1. The molecule has 9 nitrogen and oxygen atoms in total. The predicted octanol–water partition coefficient (Wildman–Crippen LogP) is 2.43. The molecule has 1 aliphatic heterocycles. The molecule has 2 rings (SSSR count). The quantitative estimate of drug-likeness (QED) is 0.809. The largest absolute Gasteiger partial charge is 0.453 e. The maximum Gasteiger partial charge on any atom is 0.410 e. The molecule has 0 bridgehead atoms. The summed E-state index contributed by atoms with van der Waals surface area (Å²) in [5.41, 5.74) is -0.542. The van der Waals surface area contributed by atoms with Crippen LogP contribution in [-0.4, -0.2) is 53.0 Å². The van der Waals surface area contributed by atoms with E-state index in [9.17, 15) is 9.59 Å². The zero-order valence-corrected chi connectivity index (χ0v) is 15.2. The van der Waals surface area contributed by atoms with Gasteiger partial charge in [-0.15, -0.1) is 0 Å². The third-order valence-electron chi connectivity index (χ3n) is 3.68. The lowest BCUT2D eigenvalue weighted by atomic mass is 10.2. The monoisotopic (exact) mass is 354 g/mol. The van der Waals surface area contributed by atoms with E-state index in [2.05, 4.69) is 20.2 Å². The van der Waals surface area contributed by atoms with E-state index in [1.54, 1.807) is 4.90 Å². The van der Waals surface area contributed by atoms with E-state index in [0.717, 1.165) is 12.8 Å². The van der Waals surface area contributed by atoms with Crippen molar-refractivity contribution in [2.75, 3.05) is 20.2 Å². The zero-order valence-electron chi connectivity index (χ0n) is 15.2. The van der Waals surface area contributed by atoms with E-state index >= 15 is 0 Å². The van der Waals surface area contributed by atoms with Crippen molar-refractivity contribution in [1.82, 2.24) is 20.4 Å². The lowest BCUT2D eigenvalue weighted by molar-refractivity contribution is 0.0217. The summed E-state index contributed by atoms with van der Waals surface area (Å²) in [7, 11) is 1.32. The highest BCUT2D eigenvalue weighted by molar-refractivity contribution is 5.69. The molecular weight excluding hydrogens is 328 g/mol. The van der Waals surface area contributed by atoms with E-state index in [4.69, 9.17) is 9.26 Å². The first kappa shape index (κ1) is 19.0. The normalized spacial score (nSPS) is 17.4. The van der Waals surface area contributed by atoms with E-state index in [1.165, 1.54) is 7.11 Å². The number of ether oxygens (including phenoxy) is 2. The fraction of sp³-hybridized carbons (Fsp3) is 0.750. The molecule has 1 atom stereocenters. The third-order valence-corrected chi connectivity index (χ3v) is 3.68. The number of alkyl carbamates (subject to hydrolysis) is 1. The highest BCUT2D eigenvalue weighted by Gasteiger charge is 2.35. The molecule has 9 heteroatoms. The first-order valence-corrected chi connectivity index (χ1v) is 8.44. The van der Waals surface area contributed by atoms with Gasteiger partial charge in [-0.2, -0.15) is 4.98 Å². The minimum Gasteiger partial charge on any atom is -0.453 e. The molecule has 0 unspecified atom stereocenters. The number of likely N-dealkylation sites (tertiary alicyclic amines) is 1. The Hall–Kier alpha value is -2.32. The van der Waals surface area contributed by atoms with Gasteiger partial charge in [0, 0.05) is 19.5 Å². The highest BCUT2D eigenvalue weighted by Crippen LogP contribution is 2.31. The van der Waals surface area contributed by atoms with Crippen LogP contribution in [0.2, 0.25) is 0 Å². The van der Waals surface area contributed by atoms with Gasteiger partial charge in [0.05, 0.1) is 13.2 Å². The van der Waals surface area contributed by atoms with Crippen molar-refractivity contribution in [1.29, 1.82) is 0 Å². The highest BCUT2D eigenvalue weighted by atomic mass is 16.6. The number of hydrogen-bond acceptors (Lipinski definition) is 7. The van der Waals surface area contributed by atoms with Crippen molar-refractivity contribution in [3.63, 3.8) is 0 Å². The van der Waals surface area contributed by atoms with Gasteiger partial charge in [0.1, 0.15) is 5.60 Å². The Labute approximate surface area is 147 Å². The van der Waals surface area contributed by atoms with Gasteiger partial charge in [-0.05, 0) is 40.0 Å². The molecule has 0 radical (unpaired) electrons. The Kier molecular flexibility index (Phi) is 6.22. The molecule has 140 valence electrons. The average Bonchev–Trinajstić information content (AvgIpc) is 3.18. The van der Waals surface area contributed by atoms with Crippen molar-refractivity contribution in [3.05, 3.63) is 11.7 Å². The van der Waals surface area contributed by atoms with Gasteiger partial charge < -0.3 is 19.3 Å². The van der Waals surface area contributed by atoms with E-state index in [1.807, 2.05) is 20.8 Å². The predicted molar refractivity (Wildman–Crippen MR) is 87.9 cm³/mol. The van der Waals surface area contributed by atoms with Crippen LogP contribution in [0.15, 0.2) is 4.52 Å². The summed E-state index contributed by atoms with van der Waals surface area (Å²) in [4.78, 5) is 29.3. The fourth-order valence-electron chi connectivity index (χ4n) is 2.58. The molecule has 1 fully saturated rings. The van der Waals surface area contributed by atoms with Gasteiger partial charge in [0.15, 0.2) is 5.82 Å². The van der Waals surface area contributed by atoms with E-state index in [0.29, 0.717) is 37.6 Å². The molecule has 0 aromatic carbocycles. The number of aromatic nitrogens is 2. The Bertz CT molecular complexity index is 596. The van der Waals surface area contributed by atoms with Crippen molar-refractivity contribution >= 4 is 12.2 Å². The minimum atomic E-state index is -0.542. The standard InChI is InChI=1S/C16H26N4O5/c1-16(2,3)24-15(22)20-10-6-7-11(20)13-18-12(25-19-13)8-5-9-17-14(21)23-4/h11H,5-10H2,1-4H3,(H,17,21)/t11-/m0/s1. The molecule has 0 spiro atoms. The lowest BCUT2D eigenvalue weighted by Gasteiger charge is -2.27. The molecule has 1 aliphatic rings.